The number of allylic oxidation sites excluding steroid dienone is 1. The summed E-state index contributed by atoms with van der Waals surface area (Å²) < 4.78 is 25.9. The Bertz CT molecular complexity index is 1050. The number of nitrogens with zero attached hydrogens (tertiary/aromatic N) is 1. The maximum atomic E-state index is 12.4. The molecule has 30 heavy (non-hydrogen) atoms. The number of amides is 1. The average Bonchev–Trinajstić information content (AvgIpc) is 2.71. The van der Waals surface area contributed by atoms with Crippen LogP contribution in [0.2, 0.25) is 10.0 Å². The largest absolute Gasteiger partial charge is 0.348 e. The molecule has 0 bridgehead atoms. The second-order valence-corrected chi connectivity index (χ2v) is 10.1. The van der Waals surface area contributed by atoms with Crippen molar-refractivity contribution >= 4 is 44.8 Å². The van der Waals surface area contributed by atoms with Crippen LogP contribution in [-0.2, 0) is 16.6 Å². The summed E-state index contributed by atoms with van der Waals surface area (Å²) in [6, 6.07) is 11.6. The Balaban J connectivity index is 1.71. The van der Waals surface area contributed by atoms with E-state index in [0.717, 1.165) is 24.7 Å². The van der Waals surface area contributed by atoms with Crippen LogP contribution >= 0.6 is 23.2 Å². The third-order valence-electron chi connectivity index (χ3n) is 4.98. The summed E-state index contributed by atoms with van der Waals surface area (Å²) in [5.41, 5.74) is 2.89. The zero-order chi connectivity index (χ0) is 21.7. The van der Waals surface area contributed by atoms with Crippen molar-refractivity contribution in [2.45, 2.75) is 32.2 Å². The molecular formula is C22H24Cl2N2O3S. The quantitative estimate of drug-likeness (QED) is 0.570. The zero-order valence-corrected chi connectivity index (χ0v) is 19.0. The van der Waals surface area contributed by atoms with Gasteiger partial charge in [0.2, 0.25) is 10.0 Å². The van der Waals surface area contributed by atoms with E-state index in [0.29, 0.717) is 22.8 Å². The van der Waals surface area contributed by atoms with Gasteiger partial charge in [-0.25, -0.2) is 8.42 Å². The maximum Gasteiger partial charge on any atom is 0.251 e. The van der Waals surface area contributed by atoms with Gasteiger partial charge >= 0.3 is 0 Å². The number of sulfonamides is 1. The monoisotopic (exact) mass is 466 g/mol. The van der Waals surface area contributed by atoms with E-state index in [1.807, 2.05) is 0 Å². The molecule has 0 heterocycles. The van der Waals surface area contributed by atoms with Gasteiger partial charge in [-0.3, -0.25) is 9.10 Å². The number of halogens is 2. The number of rotatable bonds is 7. The normalized spacial score (nSPS) is 14.2. The highest BCUT2D eigenvalue weighted by Crippen LogP contribution is 2.31. The van der Waals surface area contributed by atoms with Crippen LogP contribution < -0.4 is 9.62 Å². The Labute approximate surface area is 187 Å². The van der Waals surface area contributed by atoms with Crippen molar-refractivity contribution in [1.29, 1.82) is 0 Å². The summed E-state index contributed by atoms with van der Waals surface area (Å²) in [6.07, 6.45) is 7.83. The molecule has 0 saturated heterocycles. The summed E-state index contributed by atoms with van der Waals surface area (Å²) in [7, 11) is -3.58. The zero-order valence-electron chi connectivity index (χ0n) is 16.7. The highest BCUT2D eigenvalue weighted by Gasteiger charge is 2.21. The van der Waals surface area contributed by atoms with E-state index in [1.165, 1.54) is 28.8 Å². The minimum absolute atomic E-state index is 0.0922. The minimum Gasteiger partial charge on any atom is -0.348 e. The minimum atomic E-state index is -3.58. The third-order valence-corrected chi connectivity index (χ3v) is 6.65. The van der Waals surface area contributed by atoms with Gasteiger partial charge in [0.25, 0.3) is 5.91 Å². The highest BCUT2D eigenvalue weighted by molar-refractivity contribution is 7.92. The molecule has 0 unspecified atom stereocenters. The molecule has 3 rings (SSSR count). The van der Waals surface area contributed by atoms with Crippen LogP contribution in [0.25, 0.3) is 0 Å². The van der Waals surface area contributed by atoms with E-state index in [1.54, 1.807) is 36.4 Å². The van der Waals surface area contributed by atoms with Crippen molar-refractivity contribution in [1.82, 2.24) is 5.32 Å². The van der Waals surface area contributed by atoms with Gasteiger partial charge in [-0.05, 0) is 61.6 Å². The van der Waals surface area contributed by atoms with Crippen LogP contribution in [0, 0.1) is 0 Å². The summed E-state index contributed by atoms with van der Waals surface area (Å²) in [5.74, 6) is -0.145. The van der Waals surface area contributed by atoms with Gasteiger partial charge in [0.1, 0.15) is 0 Å². The molecule has 1 aliphatic rings. The summed E-state index contributed by atoms with van der Waals surface area (Å²) in [4.78, 5) is 12.4. The summed E-state index contributed by atoms with van der Waals surface area (Å²) in [5, 5.41) is 3.63. The molecule has 8 heteroatoms. The lowest BCUT2D eigenvalue weighted by atomic mass is 9.99. The van der Waals surface area contributed by atoms with E-state index in [9.17, 15) is 13.2 Å². The first-order chi connectivity index (χ1) is 14.2. The molecule has 160 valence electrons. The number of nitrogens with one attached hydrogen (secondary N) is 1. The van der Waals surface area contributed by atoms with Crippen LogP contribution in [0.3, 0.4) is 0 Å². The van der Waals surface area contributed by atoms with Crippen molar-refractivity contribution in [3.05, 3.63) is 75.3 Å². The molecule has 1 N–H and O–H groups in total. The lowest BCUT2D eigenvalue weighted by Crippen LogP contribution is -2.29. The fourth-order valence-electron chi connectivity index (χ4n) is 3.35. The molecule has 0 radical (unpaired) electrons. The van der Waals surface area contributed by atoms with Gasteiger partial charge in [0.05, 0.1) is 23.5 Å². The molecule has 0 atom stereocenters. The van der Waals surface area contributed by atoms with Gasteiger partial charge in [-0.15, -0.1) is 0 Å². The molecular weight excluding hydrogens is 443 g/mol. The molecule has 0 fully saturated rings. The Kier molecular flexibility index (Phi) is 7.45. The topological polar surface area (TPSA) is 66.5 Å². The summed E-state index contributed by atoms with van der Waals surface area (Å²) in [6.45, 7) is 0.659. The van der Waals surface area contributed by atoms with Gasteiger partial charge < -0.3 is 5.32 Å². The second kappa shape index (κ2) is 9.86. The van der Waals surface area contributed by atoms with Gasteiger partial charge in [0.15, 0.2) is 0 Å². The number of hydrogen-bond donors (Lipinski definition) is 1. The Hall–Kier alpha value is -2.02. The number of hydrogen-bond acceptors (Lipinski definition) is 3. The molecule has 1 aliphatic carbocycles. The molecule has 1 amide bonds. The number of carbonyl (C=O) groups excluding carboxylic acids is 1. The van der Waals surface area contributed by atoms with Gasteiger partial charge in [-0.2, -0.15) is 0 Å². The fourth-order valence-corrected chi connectivity index (χ4v) is 4.81. The van der Waals surface area contributed by atoms with Crippen LogP contribution in [0.15, 0.2) is 54.1 Å². The predicted octanol–water partition coefficient (Wildman–Crippen LogP) is 5.19. The van der Waals surface area contributed by atoms with E-state index >= 15 is 0 Å². The molecule has 0 aromatic heterocycles. The van der Waals surface area contributed by atoms with Crippen LogP contribution in [0.5, 0.6) is 0 Å². The van der Waals surface area contributed by atoms with Crippen LogP contribution in [0.1, 0.15) is 41.6 Å². The number of benzene rings is 2. The third kappa shape index (κ3) is 6.00. The van der Waals surface area contributed by atoms with Crippen molar-refractivity contribution < 1.29 is 13.2 Å². The van der Waals surface area contributed by atoms with E-state index in [-0.39, 0.29) is 17.5 Å². The lowest BCUT2D eigenvalue weighted by molar-refractivity contribution is 0.0956. The van der Waals surface area contributed by atoms with Gasteiger partial charge in [-0.1, -0.05) is 47.0 Å². The smallest absolute Gasteiger partial charge is 0.251 e. The molecule has 2 aromatic rings. The van der Waals surface area contributed by atoms with Crippen molar-refractivity contribution in [3.8, 4) is 0 Å². The number of carbonyl (C=O) groups is 1. The Morgan fingerprint density at radius 1 is 1.10 bits per heavy atom. The van der Waals surface area contributed by atoms with E-state index in [4.69, 9.17) is 23.2 Å². The highest BCUT2D eigenvalue weighted by atomic mass is 35.5. The van der Waals surface area contributed by atoms with Crippen LogP contribution in [0.4, 0.5) is 5.69 Å². The van der Waals surface area contributed by atoms with E-state index in [2.05, 4.69) is 11.4 Å². The van der Waals surface area contributed by atoms with Crippen LogP contribution in [-0.4, -0.2) is 27.1 Å². The Morgan fingerprint density at radius 3 is 2.43 bits per heavy atom. The number of anilines is 1. The Morgan fingerprint density at radius 2 is 1.83 bits per heavy atom. The maximum absolute atomic E-state index is 12.4. The van der Waals surface area contributed by atoms with Crippen molar-refractivity contribution in [2.75, 3.05) is 17.1 Å². The fraction of sp³-hybridized carbons (Fsp3) is 0.318. The first kappa shape index (κ1) is 22.7. The molecule has 2 aromatic carbocycles. The lowest BCUT2D eigenvalue weighted by Gasteiger charge is -2.23. The van der Waals surface area contributed by atoms with Crippen molar-refractivity contribution in [2.24, 2.45) is 0 Å². The average molecular weight is 467 g/mol. The molecule has 0 saturated carbocycles. The second-order valence-electron chi connectivity index (χ2n) is 7.35. The summed E-state index contributed by atoms with van der Waals surface area (Å²) >= 11 is 12.1. The standard InChI is InChI=1S/C22H24Cl2N2O3S/c1-30(28,29)26(21-12-11-19(23)13-20(21)24)15-17-7-9-18(10-8-17)22(27)25-14-16-5-3-2-4-6-16/h5,7-13H,2-4,6,14-15H2,1H3,(H,25,27). The first-order valence-electron chi connectivity index (χ1n) is 9.72. The SMILES string of the molecule is CS(=O)(=O)N(Cc1ccc(C(=O)NCC2=CCCCC2)cc1)c1ccc(Cl)cc1Cl. The van der Waals surface area contributed by atoms with Gasteiger partial charge in [0, 0.05) is 17.1 Å². The molecule has 0 aliphatic heterocycles. The molecule has 5 nitrogen and oxygen atoms in total. The van der Waals surface area contributed by atoms with E-state index < -0.39 is 10.0 Å². The predicted molar refractivity (Wildman–Crippen MR) is 123 cm³/mol. The first-order valence-corrected chi connectivity index (χ1v) is 12.3. The van der Waals surface area contributed by atoms with Crippen molar-refractivity contribution in [3.63, 3.8) is 0 Å². The molecule has 0 spiro atoms.